The molecule has 190 valence electrons. The molecule has 0 spiro atoms. The Bertz CT molecular complexity index is 1230. The first kappa shape index (κ1) is 25.9. The summed E-state index contributed by atoms with van der Waals surface area (Å²) in [4.78, 5) is 31.4. The fourth-order valence-electron chi connectivity index (χ4n) is 4.63. The van der Waals surface area contributed by atoms with E-state index in [1.165, 1.54) is 45.1 Å². The maximum absolute atomic E-state index is 13.7. The summed E-state index contributed by atoms with van der Waals surface area (Å²) in [7, 11) is 0. The number of carbonyl (C=O) groups is 2. The monoisotopic (exact) mass is 511 g/mol. The van der Waals surface area contributed by atoms with Crippen molar-refractivity contribution in [2.24, 2.45) is 0 Å². The highest BCUT2D eigenvalue weighted by Gasteiger charge is 2.38. The minimum Gasteiger partial charge on any atom is -0.380 e. The lowest BCUT2D eigenvalue weighted by molar-refractivity contribution is -0.153. The fraction of sp³-hybridized carbons (Fsp3) is 0.370. The molecule has 1 fully saturated rings. The lowest BCUT2D eigenvalue weighted by atomic mass is 9.99. The van der Waals surface area contributed by atoms with Crippen molar-refractivity contribution in [1.29, 1.82) is 0 Å². The van der Waals surface area contributed by atoms with Gasteiger partial charge >= 0.3 is 0 Å². The molecule has 36 heavy (non-hydrogen) atoms. The molecule has 4 rings (SSSR count). The second-order valence-corrected chi connectivity index (χ2v) is 10.1. The molecule has 3 atom stereocenters. The third-order valence-corrected chi connectivity index (χ3v) is 7.50. The van der Waals surface area contributed by atoms with Crippen LogP contribution in [0.15, 0.2) is 47.8 Å². The van der Waals surface area contributed by atoms with E-state index in [0.29, 0.717) is 36.4 Å². The molecule has 2 amide bonds. The highest BCUT2D eigenvalue weighted by atomic mass is 32.1. The Morgan fingerprint density at radius 1 is 1.17 bits per heavy atom. The van der Waals surface area contributed by atoms with Crippen LogP contribution in [0.4, 0.5) is 4.39 Å². The van der Waals surface area contributed by atoms with E-state index in [2.05, 4.69) is 36.3 Å². The zero-order valence-electron chi connectivity index (χ0n) is 20.3. The van der Waals surface area contributed by atoms with Crippen LogP contribution in [0.1, 0.15) is 51.8 Å². The van der Waals surface area contributed by atoms with Gasteiger partial charge in [0.2, 0.25) is 0 Å². The van der Waals surface area contributed by atoms with Gasteiger partial charge in [0.05, 0.1) is 18.3 Å². The number of benzene rings is 2. The Hall–Kier alpha value is -3.14. The first-order valence-corrected chi connectivity index (χ1v) is 12.8. The third-order valence-electron chi connectivity index (χ3n) is 6.61. The normalized spacial score (nSPS) is 17.1. The highest BCUT2D eigenvalue weighted by Crippen LogP contribution is 2.33. The summed E-state index contributed by atoms with van der Waals surface area (Å²) in [5.74, 6) is -2.02. The average molecular weight is 512 g/mol. The minimum atomic E-state index is -1.93. The van der Waals surface area contributed by atoms with E-state index in [4.69, 9.17) is 0 Å². The van der Waals surface area contributed by atoms with Crippen molar-refractivity contribution in [2.45, 2.75) is 57.9 Å². The van der Waals surface area contributed by atoms with Crippen molar-refractivity contribution in [3.05, 3.63) is 86.6 Å². The Labute approximate surface area is 213 Å². The quantitative estimate of drug-likeness (QED) is 0.431. The van der Waals surface area contributed by atoms with Crippen molar-refractivity contribution in [3.8, 4) is 0 Å². The Balaban J connectivity index is 1.33. The van der Waals surface area contributed by atoms with E-state index < -0.39 is 35.9 Å². The topological polar surface area (TPSA) is 103 Å². The molecule has 1 aromatic heterocycles. The molecular formula is C27H30FN3O4S. The number of hydrogen-bond donors (Lipinski definition) is 3. The van der Waals surface area contributed by atoms with Crippen molar-refractivity contribution < 1.29 is 24.2 Å². The summed E-state index contributed by atoms with van der Waals surface area (Å²) in [6.45, 7) is 4.55. The first-order valence-electron chi connectivity index (χ1n) is 11.9. The van der Waals surface area contributed by atoms with Crippen LogP contribution in [0.3, 0.4) is 0 Å². The average Bonchev–Trinajstić information content (AvgIpc) is 3.53. The molecule has 0 bridgehead atoms. The third kappa shape index (κ3) is 5.80. The Morgan fingerprint density at radius 3 is 2.61 bits per heavy atom. The molecule has 3 N–H and O–H groups in total. The maximum atomic E-state index is 13.7. The standard InChI is InChI=1S/C27H30FN3O4S/c1-16-6-3-7-17(2)21(16)13-20-15-36-23(30-20)14-29-26(34)24(32)25(33)27(35)31-11-5-10-22(31)18-8-4-9-19(28)12-18/h3-4,6-9,12,15,22,24-25,32-33H,5,10-11,13-14H2,1-2H3,(H,29,34)/t22?,24-,25-/m1/s1. The SMILES string of the molecule is Cc1cccc(C)c1Cc1csc(CNC(=O)[C@H](O)[C@@H](O)C(=O)N2CCCC2c2cccc(F)c2)n1. The number of rotatable bonds is 8. The molecule has 9 heteroatoms. The van der Waals surface area contributed by atoms with Gasteiger partial charge < -0.3 is 20.4 Å². The van der Waals surface area contributed by atoms with Crippen LogP contribution < -0.4 is 5.32 Å². The number of halogens is 1. The van der Waals surface area contributed by atoms with Crippen molar-refractivity contribution in [1.82, 2.24) is 15.2 Å². The molecule has 0 aliphatic carbocycles. The number of amides is 2. The highest BCUT2D eigenvalue weighted by molar-refractivity contribution is 7.09. The minimum absolute atomic E-state index is 0.0733. The van der Waals surface area contributed by atoms with E-state index in [-0.39, 0.29) is 6.54 Å². The number of nitrogens with one attached hydrogen (secondary N) is 1. The molecule has 1 aliphatic rings. The lowest BCUT2D eigenvalue weighted by Crippen LogP contribution is -2.50. The van der Waals surface area contributed by atoms with Crippen LogP contribution in [-0.2, 0) is 22.6 Å². The van der Waals surface area contributed by atoms with Crippen molar-refractivity contribution in [2.75, 3.05) is 6.54 Å². The predicted octanol–water partition coefficient (Wildman–Crippen LogP) is 3.19. The van der Waals surface area contributed by atoms with Gasteiger partial charge in [0.1, 0.15) is 10.8 Å². The van der Waals surface area contributed by atoms with Gasteiger partial charge in [-0.1, -0.05) is 30.3 Å². The predicted molar refractivity (Wildman–Crippen MR) is 135 cm³/mol. The molecule has 7 nitrogen and oxygen atoms in total. The van der Waals surface area contributed by atoms with Crippen molar-refractivity contribution in [3.63, 3.8) is 0 Å². The van der Waals surface area contributed by atoms with Gasteiger partial charge in [0.15, 0.2) is 12.2 Å². The molecule has 1 unspecified atom stereocenters. The zero-order valence-corrected chi connectivity index (χ0v) is 21.1. The molecule has 0 radical (unpaired) electrons. The number of aliphatic hydroxyl groups is 2. The van der Waals surface area contributed by atoms with Crippen LogP contribution in [0.25, 0.3) is 0 Å². The molecule has 2 aromatic carbocycles. The number of nitrogens with zero attached hydrogens (tertiary/aromatic N) is 2. The van der Waals surface area contributed by atoms with E-state index in [9.17, 15) is 24.2 Å². The van der Waals surface area contributed by atoms with Gasteiger partial charge in [0, 0.05) is 18.3 Å². The van der Waals surface area contributed by atoms with Crippen molar-refractivity contribution >= 4 is 23.2 Å². The van der Waals surface area contributed by atoms with Crippen LogP contribution in [0.5, 0.6) is 0 Å². The number of likely N-dealkylation sites (tertiary alicyclic amines) is 1. The molecular weight excluding hydrogens is 481 g/mol. The second kappa shape index (κ2) is 11.3. The van der Waals surface area contributed by atoms with Gasteiger partial charge in [-0.25, -0.2) is 9.37 Å². The summed E-state index contributed by atoms with van der Waals surface area (Å²) in [5, 5.41) is 26.0. The van der Waals surface area contributed by atoms with E-state index in [0.717, 1.165) is 5.69 Å². The smallest absolute Gasteiger partial charge is 0.255 e. The number of aryl methyl sites for hydroxylation is 2. The van der Waals surface area contributed by atoms with Gasteiger partial charge in [-0.15, -0.1) is 11.3 Å². The lowest BCUT2D eigenvalue weighted by Gasteiger charge is -2.28. The Kier molecular flexibility index (Phi) is 8.13. The van der Waals surface area contributed by atoms with E-state index >= 15 is 0 Å². The van der Waals surface area contributed by atoms with Gasteiger partial charge in [-0.3, -0.25) is 9.59 Å². The second-order valence-electron chi connectivity index (χ2n) is 9.13. The number of carbonyl (C=O) groups excluding carboxylic acids is 2. The largest absolute Gasteiger partial charge is 0.380 e. The van der Waals surface area contributed by atoms with Gasteiger partial charge in [0.25, 0.3) is 11.8 Å². The van der Waals surface area contributed by atoms with Crippen LogP contribution in [0, 0.1) is 19.7 Å². The molecule has 3 aromatic rings. The molecule has 0 saturated carbocycles. The molecule has 1 aliphatic heterocycles. The summed E-state index contributed by atoms with van der Waals surface area (Å²) in [5.41, 5.74) is 5.10. The zero-order chi connectivity index (χ0) is 25.8. The molecule has 1 saturated heterocycles. The van der Waals surface area contributed by atoms with E-state index in [1.54, 1.807) is 12.1 Å². The van der Waals surface area contributed by atoms with Gasteiger partial charge in [-0.2, -0.15) is 0 Å². The fourth-order valence-corrected chi connectivity index (χ4v) is 5.36. The summed E-state index contributed by atoms with van der Waals surface area (Å²) >= 11 is 1.39. The number of aromatic nitrogens is 1. The summed E-state index contributed by atoms with van der Waals surface area (Å²) < 4.78 is 13.7. The summed E-state index contributed by atoms with van der Waals surface area (Å²) in [6.07, 6.45) is -1.88. The Morgan fingerprint density at radius 2 is 1.89 bits per heavy atom. The van der Waals surface area contributed by atoms with E-state index in [1.807, 2.05) is 11.4 Å². The number of hydrogen-bond acceptors (Lipinski definition) is 6. The van der Waals surface area contributed by atoms with Crippen LogP contribution in [-0.4, -0.2) is 50.7 Å². The number of aliphatic hydroxyl groups excluding tert-OH is 2. The first-order chi connectivity index (χ1) is 17.2. The summed E-state index contributed by atoms with van der Waals surface area (Å²) in [6, 6.07) is 11.7. The van der Waals surface area contributed by atoms with Gasteiger partial charge in [-0.05, 0) is 61.1 Å². The van der Waals surface area contributed by atoms with Crippen LogP contribution in [0.2, 0.25) is 0 Å². The molecule has 2 heterocycles. The maximum Gasteiger partial charge on any atom is 0.255 e. The van der Waals surface area contributed by atoms with Crippen LogP contribution >= 0.6 is 11.3 Å². The number of thiazole rings is 1.